The molecular weight excluding hydrogens is 392 g/mol. The number of aryl methyl sites for hydroxylation is 1. The van der Waals surface area contributed by atoms with Gasteiger partial charge in [-0.05, 0) is 59.6 Å². The van der Waals surface area contributed by atoms with Gasteiger partial charge in [0.25, 0.3) is 0 Å². The van der Waals surface area contributed by atoms with Gasteiger partial charge in [0.1, 0.15) is 17.1 Å². The lowest BCUT2D eigenvalue weighted by Crippen LogP contribution is -2.58. The van der Waals surface area contributed by atoms with Gasteiger partial charge in [0.2, 0.25) is 5.65 Å². The Kier molecular flexibility index (Phi) is 4.30. The summed E-state index contributed by atoms with van der Waals surface area (Å²) in [6.07, 6.45) is 1.89. The maximum atomic E-state index is 5.61. The number of H-pyrrole nitrogens is 1. The molecule has 0 amide bonds. The van der Waals surface area contributed by atoms with E-state index in [1.54, 1.807) is 7.11 Å². The van der Waals surface area contributed by atoms with Gasteiger partial charge < -0.3 is 15.0 Å². The summed E-state index contributed by atoms with van der Waals surface area (Å²) in [4.78, 5) is 7.75. The third kappa shape index (κ3) is 3.52. The number of piperidine rings is 1. The highest BCUT2D eigenvalue weighted by molar-refractivity contribution is 5.87. The minimum atomic E-state index is 0.00302. The third-order valence-electron chi connectivity index (χ3n) is 5.93. The van der Waals surface area contributed by atoms with Crippen LogP contribution in [0.25, 0.3) is 33.5 Å². The molecule has 0 saturated carbocycles. The van der Waals surface area contributed by atoms with Crippen LogP contribution in [-0.2, 0) is 0 Å². The van der Waals surface area contributed by atoms with Crippen molar-refractivity contribution in [1.29, 1.82) is 0 Å². The SMILES string of the molecule is COc1cc2nc(C)[nH]c2cc1-c1cc2nnn(C3CC(C)(C)NC(C)(C)C3)c2nn1. The van der Waals surface area contributed by atoms with E-state index in [0.29, 0.717) is 17.1 Å². The molecule has 0 unspecified atom stereocenters. The van der Waals surface area contributed by atoms with Crippen molar-refractivity contribution >= 4 is 22.2 Å². The van der Waals surface area contributed by atoms with Crippen molar-refractivity contribution in [1.82, 2.24) is 40.5 Å². The average Bonchev–Trinajstić information content (AvgIpc) is 3.25. The fraction of sp³-hybridized carbons (Fsp3) is 0.500. The molecule has 1 aromatic carbocycles. The van der Waals surface area contributed by atoms with Crippen LogP contribution in [0.5, 0.6) is 5.75 Å². The van der Waals surface area contributed by atoms with E-state index in [1.807, 2.05) is 29.8 Å². The van der Waals surface area contributed by atoms with Crippen molar-refractivity contribution in [3.63, 3.8) is 0 Å². The number of nitrogens with one attached hydrogen (secondary N) is 2. The Balaban J connectivity index is 1.57. The van der Waals surface area contributed by atoms with Gasteiger partial charge in [-0.25, -0.2) is 9.67 Å². The summed E-state index contributed by atoms with van der Waals surface area (Å²) in [6, 6.07) is 6.04. The van der Waals surface area contributed by atoms with Crippen molar-refractivity contribution < 1.29 is 4.74 Å². The summed E-state index contributed by atoms with van der Waals surface area (Å²) in [5.41, 5.74) is 4.75. The molecule has 31 heavy (non-hydrogen) atoms. The molecule has 4 heterocycles. The molecule has 9 heteroatoms. The standard InChI is InChI=1S/C22H28N8O/c1-12-23-16-7-14(19(31-6)9-17(16)24-12)15-8-18-20(27-25-15)30(29-26-18)13-10-21(2,3)28-22(4,5)11-13/h7-9,13,28H,10-11H2,1-6H3,(H,23,24). The Bertz CT molecular complexity index is 1270. The van der Waals surface area contributed by atoms with E-state index in [9.17, 15) is 0 Å². The topological polar surface area (TPSA) is 106 Å². The van der Waals surface area contributed by atoms with Crippen LogP contribution < -0.4 is 10.1 Å². The summed E-state index contributed by atoms with van der Waals surface area (Å²) in [6.45, 7) is 10.8. The molecule has 2 N–H and O–H groups in total. The summed E-state index contributed by atoms with van der Waals surface area (Å²) in [5, 5.41) is 21.7. The molecule has 0 atom stereocenters. The highest BCUT2D eigenvalue weighted by atomic mass is 16.5. The second-order valence-electron chi connectivity index (χ2n) is 9.82. The molecule has 1 fully saturated rings. The largest absolute Gasteiger partial charge is 0.496 e. The van der Waals surface area contributed by atoms with Crippen LogP contribution in [0.2, 0.25) is 0 Å². The van der Waals surface area contributed by atoms with E-state index in [0.717, 1.165) is 40.8 Å². The molecule has 0 bridgehead atoms. The van der Waals surface area contributed by atoms with Gasteiger partial charge in [-0.2, -0.15) is 0 Å². The molecule has 0 radical (unpaired) electrons. The molecule has 0 spiro atoms. The quantitative estimate of drug-likeness (QED) is 0.522. The van der Waals surface area contributed by atoms with Crippen LogP contribution in [0.4, 0.5) is 0 Å². The zero-order valence-corrected chi connectivity index (χ0v) is 18.8. The Morgan fingerprint density at radius 3 is 2.45 bits per heavy atom. The van der Waals surface area contributed by atoms with Crippen molar-refractivity contribution in [2.45, 2.75) is 64.6 Å². The average molecular weight is 421 g/mol. The molecule has 162 valence electrons. The first-order valence-electron chi connectivity index (χ1n) is 10.6. The van der Waals surface area contributed by atoms with Crippen molar-refractivity contribution in [2.75, 3.05) is 7.11 Å². The molecule has 3 aromatic heterocycles. The number of methoxy groups -OCH3 is 1. The highest BCUT2D eigenvalue weighted by Crippen LogP contribution is 2.37. The van der Waals surface area contributed by atoms with E-state index in [1.165, 1.54) is 0 Å². The number of aromatic nitrogens is 7. The first kappa shape index (κ1) is 19.9. The van der Waals surface area contributed by atoms with Crippen LogP contribution in [-0.4, -0.2) is 53.3 Å². The van der Waals surface area contributed by atoms with E-state index in [4.69, 9.17) is 4.74 Å². The van der Waals surface area contributed by atoms with Crippen LogP contribution in [0.15, 0.2) is 18.2 Å². The fourth-order valence-corrected chi connectivity index (χ4v) is 5.10. The Hall–Kier alpha value is -3.07. The maximum absolute atomic E-state index is 5.61. The number of ether oxygens (including phenoxy) is 1. The predicted molar refractivity (Wildman–Crippen MR) is 119 cm³/mol. The van der Waals surface area contributed by atoms with Crippen molar-refractivity contribution in [3.8, 4) is 17.0 Å². The number of benzene rings is 1. The molecular formula is C22H28N8O. The predicted octanol–water partition coefficient (Wildman–Crippen LogP) is 3.56. The number of hydrogen-bond donors (Lipinski definition) is 2. The van der Waals surface area contributed by atoms with E-state index >= 15 is 0 Å². The zero-order valence-electron chi connectivity index (χ0n) is 18.8. The van der Waals surface area contributed by atoms with Crippen molar-refractivity contribution in [3.05, 3.63) is 24.0 Å². The monoisotopic (exact) mass is 420 g/mol. The summed E-state index contributed by atoms with van der Waals surface area (Å²) >= 11 is 0. The summed E-state index contributed by atoms with van der Waals surface area (Å²) in [5.74, 6) is 1.55. The van der Waals surface area contributed by atoms with Gasteiger partial charge >= 0.3 is 0 Å². The van der Waals surface area contributed by atoms with Gasteiger partial charge in [0.05, 0.1) is 29.9 Å². The van der Waals surface area contributed by atoms with Gasteiger partial charge in [-0.15, -0.1) is 15.3 Å². The number of hydrogen-bond acceptors (Lipinski definition) is 7. The van der Waals surface area contributed by atoms with E-state index in [-0.39, 0.29) is 17.1 Å². The number of aromatic amines is 1. The van der Waals surface area contributed by atoms with Crippen LogP contribution >= 0.6 is 0 Å². The van der Waals surface area contributed by atoms with Crippen molar-refractivity contribution in [2.24, 2.45) is 0 Å². The number of fused-ring (bicyclic) bond motifs is 2. The highest BCUT2D eigenvalue weighted by Gasteiger charge is 2.39. The molecule has 1 aliphatic rings. The molecule has 4 aromatic rings. The second-order valence-corrected chi connectivity index (χ2v) is 9.82. The fourth-order valence-electron chi connectivity index (χ4n) is 5.10. The third-order valence-corrected chi connectivity index (χ3v) is 5.93. The molecule has 1 aliphatic heterocycles. The lowest BCUT2D eigenvalue weighted by atomic mass is 9.80. The minimum absolute atomic E-state index is 0.00302. The van der Waals surface area contributed by atoms with E-state index < -0.39 is 0 Å². The number of rotatable bonds is 3. The van der Waals surface area contributed by atoms with Crippen LogP contribution in [0, 0.1) is 6.92 Å². The van der Waals surface area contributed by atoms with Gasteiger partial charge in [-0.1, -0.05) is 5.21 Å². The number of nitrogens with zero attached hydrogens (tertiary/aromatic N) is 6. The van der Waals surface area contributed by atoms with Gasteiger partial charge in [0.15, 0.2) is 0 Å². The Morgan fingerprint density at radius 2 is 1.74 bits per heavy atom. The summed E-state index contributed by atoms with van der Waals surface area (Å²) < 4.78 is 7.55. The minimum Gasteiger partial charge on any atom is -0.496 e. The van der Waals surface area contributed by atoms with Crippen LogP contribution in [0.3, 0.4) is 0 Å². The van der Waals surface area contributed by atoms with E-state index in [2.05, 4.69) is 63.5 Å². The molecule has 5 rings (SSSR count). The summed E-state index contributed by atoms with van der Waals surface area (Å²) in [7, 11) is 1.65. The smallest absolute Gasteiger partial charge is 0.201 e. The number of imidazole rings is 1. The van der Waals surface area contributed by atoms with Crippen LogP contribution in [0.1, 0.15) is 52.4 Å². The lowest BCUT2D eigenvalue weighted by Gasteiger charge is -2.46. The Labute approximate surface area is 180 Å². The zero-order chi connectivity index (χ0) is 22.0. The first-order valence-corrected chi connectivity index (χ1v) is 10.6. The molecule has 1 saturated heterocycles. The first-order chi connectivity index (χ1) is 14.6. The maximum Gasteiger partial charge on any atom is 0.201 e. The van der Waals surface area contributed by atoms with Gasteiger partial charge in [0, 0.05) is 22.7 Å². The molecule has 0 aliphatic carbocycles. The molecule has 9 nitrogen and oxygen atoms in total. The van der Waals surface area contributed by atoms with Gasteiger partial charge in [-0.3, -0.25) is 0 Å². The normalized spacial score (nSPS) is 18.6. The lowest BCUT2D eigenvalue weighted by molar-refractivity contribution is 0.127. The second kappa shape index (κ2) is 6.71. The Morgan fingerprint density at radius 1 is 1.00 bits per heavy atom.